The number of benzene rings is 1. The quantitative estimate of drug-likeness (QED) is 0.941. The van der Waals surface area contributed by atoms with Crippen LogP contribution in [-0.2, 0) is 9.59 Å². The number of aryl methyl sites for hydroxylation is 1. The molecule has 3 rings (SSSR count). The first-order valence-electron chi connectivity index (χ1n) is 7.33. The standard InChI is InChI=1S/C17H16ClN3O2/c1-11-5-6-13(9-14(11)18)21-10-12(8-16(21)22)17(23)20-15-4-2-3-7-19-15/h2-7,9,12H,8,10H2,1H3,(H,19,20,23)/t12-/m0/s1. The van der Waals surface area contributed by atoms with Crippen LogP contribution in [0.1, 0.15) is 12.0 Å². The van der Waals surface area contributed by atoms with Crippen LogP contribution in [0.15, 0.2) is 42.6 Å². The molecule has 23 heavy (non-hydrogen) atoms. The molecule has 118 valence electrons. The lowest BCUT2D eigenvalue weighted by molar-refractivity contribution is -0.122. The second-order valence-corrected chi connectivity index (χ2v) is 5.95. The lowest BCUT2D eigenvalue weighted by atomic mass is 10.1. The van der Waals surface area contributed by atoms with E-state index in [1.54, 1.807) is 35.4 Å². The van der Waals surface area contributed by atoms with E-state index < -0.39 is 5.92 Å². The summed E-state index contributed by atoms with van der Waals surface area (Å²) in [6.45, 7) is 2.25. The molecule has 0 radical (unpaired) electrons. The maximum absolute atomic E-state index is 12.3. The molecule has 1 aromatic carbocycles. The Hall–Kier alpha value is -2.40. The summed E-state index contributed by atoms with van der Waals surface area (Å²) in [6.07, 6.45) is 1.79. The van der Waals surface area contributed by atoms with Crippen molar-refractivity contribution in [1.29, 1.82) is 0 Å². The topological polar surface area (TPSA) is 62.3 Å². The van der Waals surface area contributed by atoms with Crippen LogP contribution < -0.4 is 10.2 Å². The van der Waals surface area contributed by atoms with Gasteiger partial charge < -0.3 is 10.2 Å². The molecule has 0 saturated carbocycles. The van der Waals surface area contributed by atoms with Crippen molar-refractivity contribution in [1.82, 2.24) is 4.98 Å². The predicted molar refractivity (Wildman–Crippen MR) is 89.5 cm³/mol. The van der Waals surface area contributed by atoms with E-state index in [9.17, 15) is 9.59 Å². The Labute approximate surface area is 139 Å². The first kappa shape index (κ1) is 15.5. The van der Waals surface area contributed by atoms with E-state index in [0.717, 1.165) is 11.3 Å². The minimum Gasteiger partial charge on any atom is -0.312 e. The van der Waals surface area contributed by atoms with Crippen LogP contribution in [0.2, 0.25) is 5.02 Å². The van der Waals surface area contributed by atoms with Crippen LogP contribution in [0.3, 0.4) is 0 Å². The Morgan fingerprint density at radius 2 is 2.17 bits per heavy atom. The van der Waals surface area contributed by atoms with Gasteiger partial charge in [-0.05, 0) is 36.8 Å². The Balaban J connectivity index is 1.71. The molecule has 1 saturated heterocycles. The lowest BCUT2D eigenvalue weighted by Crippen LogP contribution is -2.28. The molecule has 1 aromatic heterocycles. The molecule has 1 N–H and O–H groups in total. The number of nitrogens with one attached hydrogen (secondary N) is 1. The third kappa shape index (κ3) is 3.35. The molecule has 0 unspecified atom stereocenters. The van der Waals surface area contributed by atoms with Gasteiger partial charge in [0.1, 0.15) is 5.82 Å². The van der Waals surface area contributed by atoms with Gasteiger partial charge in [-0.15, -0.1) is 0 Å². The third-order valence-electron chi connectivity index (χ3n) is 3.88. The number of carbonyl (C=O) groups excluding carboxylic acids is 2. The molecule has 0 spiro atoms. The molecule has 1 aliphatic heterocycles. The van der Waals surface area contributed by atoms with Gasteiger partial charge in [0.2, 0.25) is 11.8 Å². The average Bonchev–Trinajstić information content (AvgIpc) is 2.93. The Kier molecular flexibility index (Phi) is 4.30. The molecule has 2 heterocycles. The molecule has 1 aliphatic rings. The third-order valence-corrected chi connectivity index (χ3v) is 4.29. The van der Waals surface area contributed by atoms with Crippen LogP contribution in [-0.4, -0.2) is 23.3 Å². The second kappa shape index (κ2) is 6.38. The van der Waals surface area contributed by atoms with Gasteiger partial charge in [-0.3, -0.25) is 9.59 Å². The zero-order chi connectivity index (χ0) is 16.4. The zero-order valence-corrected chi connectivity index (χ0v) is 13.4. The molecule has 0 aliphatic carbocycles. The number of halogens is 1. The fourth-order valence-electron chi connectivity index (χ4n) is 2.55. The van der Waals surface area contributed by atoms with E-state index in [4.69, 9.17) is 11.6 Å². The highest BCUT2D eigenvalue weighted by Gasteiger charge is 2.35. The molecule has 1 fully saturated rings. The fraction of sp³-hybridized carbons (Fsp3) is 0.235. The Bertz CT molecular complexity index is 749. The number of nitrogens with zero attached hydrogens (tertiary/aromatic N) is 2. The summed E-state index contributed by atoms with van der Waals surface area (Å²) in [5.41, 5.74) is 1.67. The summed E-state index contributed by atoms with van der Waals surface area (Å²) in [4.78, 5) is 30.2. The van der Waals surface area contributed by atoms with Gasteiger partial charge in [-0.2, -0.15) is 0 Å². The normalized spacial score (nSPS) is 17.4. The summed E-state index contributed by atoms with van der Waals surface area (Å²) in [5, 5.41) is 3.35. The number of aromatic nitrogens is 1. The van der Waals surface area contributed by atoms with Crippen LogP contribution in [0.5, 0.6) is 0 Å². The van der Waals surface area contributed by atoms with Crippen molar-refractivity contribution in [3.63, 3.8) is 0 Å². The molecule has 0 bridgehead atoms. The van der Waals surface area contributed by atoms with E-state index in [1.165, 1.54) is 0 Å². The number of anilines is 2. The minimum absolute atomic E-state index is 0.0777. The number of amides is 2. The van der Waals surface area contributed by atoms with Crippen LogP contribution in [0.4, 0.5) is 11.5 Å². The number of carbonyl (C=O) groups is 2. The van der Waals surface area contributed by atoms with Crippen molar-refractivity contribution in [2.24, 2.45) is 5.92 Å². The zero-order valence-electron chi connectivity index (χ0n) is 12.6. The number of hydrogen-bond donors (Lipinski definition) is 1. The minimum atomic E-state index is -0.399. The van der Waals surface area contributed by atoms with Gasteiger partial charge in [-0.25, -0.2) is 4.98 Å². The van der Waals surface area contributed by atoms with Gasteiger partial charge >= 0.3 is 0 Å². The van der Waals surface area contributed by atoms with E-state index >= 15 is 0 Å². The number of pyridine rings is 1. The van der Waals surface area contributed by atoms with Crippen molar-refractivity contribution in [2.75, 3.05) is 16.8 Å². The highest BCUT2D eigenvalue weighted by molar-refractivity contribution is 6.31. The first-order chi connectivity index (χ1) is 11.0. The predicted octanol–water partition coefficient (Wildman–Crippen LogP) is 3.04. The van der Waals surface area contributed by atoms with Crippen LogP contribution in [0, 0.1) is 12.8 Å². The molecule has 5 nitrogen and oxygen atoms in total. The largest absolute Gasteiger partial charge is 0.312 e. The van der Waals surface area contributed by atoms with Gasteiger partial charge in [0.25, 0.3) is 0 Å². The smallest absolute Gasteiger partial charge is 0.230 e. The van der Waals surface area contributed by atoms with Crippen LogP contribution >= 0.6 is 11.6 Å². The van der Waals surface area contributed by atoms with Gasteiger partial charge in [0.15, 0.2) is 0 Å². The van der Waals surface area contributed by atoms with Gasteiger partial charge in [-0.1, -0.05) is 23.7 Å². The molecule has 6 heteroatoms. The molecule has 2 aromatic rings. The van der Waals surface area contributed by atoms with E-state index in [2.05, 4.69) is 10.3 Å². The maximum Gasteiger partial charge on any atom is 0.230 e. The van der Waals surface area contributed by atoms with Crippen molar-refractivity contribution in [2.45, 2.75) is 13.3 Å². The summed E-state index contributed by atoms with van der Waals surface area (Å²) in [7, 11) is 0. The Morgan fingerprint density at radius 1 is 1.35 bits per heavy atom. The highest BCUT2D eigenvalue weighted by atomic mass is 35.5. The highest BCUT2D eigenvalue weighted by Crippen LogP contribution is 2.29. The summed E-state index contributed by atoms with van der Waals surface area (Å²) < 4.78 is 0. The maximum atomic E-state index is 12.3. The summed E-state index contributed by atoms with van der Waals surface area (Å²) in [6, 6.07) is 10.8. The Morgan fingerprint density at radius 3 is 2.87 bits per heavy atom. The molecule has 1 atom stereocenters. The van der Waals surface area contributed by atoms with Crippen molar-refractivity contribution < 1.29 is 9.59 Å². The molecular weight excluding hydrogens is 314 g/mol. The summed E-state index contributed by atoms with van der Waals surface area (Å²) >= 11 is 6.12. The average molecular weight is 330 g/mol. The summed E-state index contributed by atoms with van der Waals surface area (Å²) in [5.74, 6) is -0.185. The van der Waals surface area contributed by atoms with E-state index in [0.29, 0.717) is 17.4 Å². The second-order valence-electron chi connectivity index (χ2n) is 5.54. The van der Waals surface area contributed by atoms with Crippen LogP contribution in [0.25, 0.3) is 0 Å². The van der Waals surface area contributed by atoms with Crippen molar-refractivity contribution in [3.8, 4) is 0 Å². The van der Waals surface area contributed by atoms with Crippen molar-refractivity contribution >= 4 is 34.9 Å². The lowest BCUT2D eigenvalue weighted by Gasteiger charge is -2.17. The van der Waals surface area contributed by atoms with Gasteiger partial charge in [0.05, 0.1) is 5.92 Å². The van der Waals surface area contributed by atoms with Crippen molar-refractivity contribution in [3.05, 3.63) is 53.2 Å². The molecule has 2 amide bonds. The fourth-order valence-corrected chi connectivity index (χ4v) is 2.72. The van der Waals surface area contributed by atoms with E-state index in [-0.39, 0.29) is 18.2 Å². The number of rotatable bonds is 3. The number of hydrogen-bond acceptors (Lipinski definition) is 3. The van der Waals surface area contributed by atoms with E-state index in [1.807, 2.05) is 19.1 Å². The monoisotopic (exact) mass is 329 g/mol. The van der Waals surface area contributed by atoms with Gasteiger partial charge in [0, 0.05) is 29.9 Å². The first-order valence-corrected chi connectivity index (χ1v) is 7.71. The SMILES string of the molecule is Cc1ccc(N2C[C@@H](C(=O)Nc3ccccn3)CC2=O)cc1Cl. The molecular formula is C17H16ClN3O2.